The van der Waals surface area contributed by atoms with Crippen molar-refractivity contribution in [2.24, 2.45) is 10.8 Å². The van der Waals surface area contributed by atoms with Crippen molar-refractivity contribution in [3.63, 3.8) is 0 Å². The Morgan fingerprint density at radius 2 is 2.05 bits per heavy atom. The SMILES string of the molecule is N#CC1=C(N)N(c2c(Cl)cccc2Cl)N=C2COCC=C21. The summed E-state index contributed by atoms with van der Waals surface area (Å²) in [6.45, 7) is 0.739. The summed E-state index contributed by atoms with van der Waals surface area (Å²) in [7, 11) is 0. The number of nitriles is 1. The van der Waals surface area contributed by atoms with Gasteiger partial charge in [0.15, 0.2) is 0 Å². The maximum atomic E-state index is 9.39. The van der Waals surface area contributed by atoms with Crippen LogP contribution in [0.3, 0.4) is 0 Å². The molecule has 21 heavy (non-hydrogen) atoms. The van der Waals surface area contributed by atoms with Gasteiger partial charge in [0.1, 0.15) is 23.2 Å². The normalized spacial score (nSPS) is 17.9. The number of para-hydroxylation sites is 1. The molecule has 5 nitrogen and oxygen atoms in total. The molecule has 2 aliphatic heterocycles. The Labute approximate surface area is 131 Å². The van der Waals surface area contributed by atoms with Gasteiger partial charge in [-0.1, -0.05) is 29.3 Å². The fourth-order valence-electron chi connectivity index (χ4n) is 2.22. The molecule has 2 N–H and O–H groups in total. The Morgan fingerprint density at radius 1 is 1.33 bits per heavy atom. The lowest BCUT2D eigenvalue weighted by Crippen LogP contribution is -2.34. The standard InChI is InChI=1S/C14H10Cl2N4O/c15-10-2-1-3-11(16)13(10)20-14(18)9(6-17)8-4-5-21-7-12(8)19-20/h1-4H,5,7,18H2. The van der Waals surface area contributed by atoms with Gasteiger partial charge in [-0.15, -0.1) is 0 Å². The van der Waals surface area contributed by atoms with Crippen molar-refractivity contribution in [3.8, 4) is 6.07 Å². The molecule has 0 saturated heterocycles. The molecule has 0 radical (unpaired) electrons. The first-order chi connectivity index (χ1) is 10.1. The lowest BCUT2D eigenvalue weighted by atomic mass is 9.99. The van der Waals surface area contributed by atoms with Gasteiger partial charge in [0.05, 0.1) is 29.0 Å². The summed E-state index contributed by atoms with van der Waals surface area (Å²) in [5, 5.41) is 16.0. The second-order valence-electron chi connectivity index (χ2n) is 4.43. The zero-order valence-electron chi connectivity index (χ0n) is 10.8. The summed E-state index contributed by atoms with van der Waals surface area (Å²) in [6.07, 6.45) is 1.79. The molecule has 0 unspecified atom stereocenters. The fraction of sp³-hybridized carbons (Fsp3) is 0.143. The minimum atomic E-state index is 0.199. The van der Waals surface area contributed by atoms with E-state index < -0.39 is 0 Å². The smallest absolute Gasteiger partial charge is 0.144 e. The predicted molar refractivity (Wildman–Crippen MR) is 82.1 cm³/mol. The van der Waals surface area contributed by atoms with E-state index in [1.165, 1.54) is 5.01 Å². The van der Waals surface area contributed by atoms with Gasteiger partial charge >= 0.3 is 0 Å². The van der Waals surface area contributed by atoms with Gasteiger partial charge in [-0.25, -0.2) is 5.01 Å². The molecule has 0 fully saturated rings. The number of halogens is 2. The van der Waals surface area contributed by atoms with Gasteiger partial charge in [-0.05, 0) is 18.2 Å². The largest absolute Gasteiger partial charge is 0.383 e. The monoisotopic (exact) mass is 320 g/mol. The second kappa shape index (κ2) is 5.41. The summed E-state index contributed by atoms with van der Waals surface area (Å²) >= 11 is 12.4. The van der Waals surface area contributed by atoms with Crippen LogP contribution in [-0.4, -0.2) is 18.9 Å². The molecule has 0 spiro atoms. The van der Waals surface area contributed by atoms with Crippen LogP contribution in [0, 0.1) is 11.3 Å². The number of ether oxygens (including phenoxy) is 1. The Hall–Kier alpha value is -2.00. The highest BCUT2D eigenvalue weighted by molar-refractivity contribution is 6.39. The maximum absolute atomic E-state index is 9.39. The molecule has 1 aromatic carbocycles. The minimum Gasteiger partial charge on any atom is -0.383 e. The lowest BCUT2D eigenvalue weighted by molar-refractivity contribution is 0.199. The molecule has 0 aromatic heterocycles. The van der Waals surface area contributed by atoms with Crippen molar-refractivity contribution >= 4 is 34.6 Å². The first-order valence-corrected chi connectivity index (χ1v) is 6.89. The van der Waals surface area contributed by atoms with Crippen LogP contribution in [0.15, 0.2) is 46.3 Å². The van der Waals surface area contributed by atoms with Crippen LogP contribution in [0.25, 0.3) is 0 Å². The van der Waals surface area contributed by atoms with Crippen LogP contribution < -0.4 is 10.7 Å². The molecule has 0 atom stereocenters. The van der Waals surface area contributed by atoms with E-state index in [1.54, 1.807) is 24.3 Å². The van der Waals surface area contributed by atoms with E-state index in [0.717, 1.165) is 0 Å². The molecule has 0 saturated carbocycles. The van der Waals surface area contributed by atoms with Gasteiger partial charge in [0.2, 0.25) is 0 Å². The van der Waals surface area contributed by atoms with Crippen molar-refractivity contribution in [2.45, 2.75) is 0 Å². The Morgan fingerprint density at radius 3 is 2.71 bits per heavy atom. The quantitative estimate of drug-likeness (QED) is 0.863. The zero-order chi connectivity index (χ0) is 15.0. The molecule has 0 amide bonds. The van der Waals surface area contributed by atoms with E-state index in [2.05, 4.69) is 11.2 Å². The molecular formula is C14H10Cl2N4O. The zero-order valence-corrected chi connectivity index (χ0v) is 12.3. The van der Waals surface area contributed by atoms with Crippen molar-refractivity contribution in [1.82, 2.24) is 0 Å². The number of nitrogens with two attached hydrogens (primary N) is 1. The van der Waals surface area contributed by atoms with E-state index in [4.69, 9.17) is 33.7 Å². The molecule has 2 aliphatic rings. The minimum absolute atomic E-state index is 0.199. The number of anilines is 1. The highest BCUT2D eigenvalue weighted by Gasteiger charge is 2.29. The molecule has 1 aromatic rings. The molecule has 2 heterocycles. The summed E-state index contributed by atoms with van der Waals surface area (Å²) in [6, 6.07) is 7.21. The Balaban J connectivity index is 2.20. The van der Waals surface area contributed by atoms with E-state index >= 15 is 0 Å². The number of allylic oxidation sites excluding steroid dienone is 1. The molecule has 0 bridgehead atoms. The molecule has 0 aliphatic carbocycles. The summed E-state index contributed by atoms with van der Waals surface area (Å²) in [5.41, 5.74) is 8.22. The topological polar surface area (TPSA) is 74.6 Å². The van der Waals surface area contributed by atoms with Crippen molar-refractivity contribution in [3.05, 3.63) is 51.3 Å². The van der Waals surface area contributed by atoms with Crippen LogP contribution in [0.4, 0.5) is 5.69 Å². The van der Waals surface area contributed by atoms with Crippen molar-refractivity contribution in [2.75, 3.05) is 18.2 Å². The van der Waals surface area contributed by atoms with Gasteiger partial charge in [0, 0.05) is 5.57 Å². The van der Waals surface area contributed by atoms with Crippen LogP contribution in [0.1, 0.15) is 0 Å². The number of fused-ring (bicyclic) bond motifs is 1. The summed E-state index contributed by atoms with van der Waals surface area (Å²) < 4.78 is 5.34. The first kappa shape index (κ1) is 14.0. The van der Waals surface area contributed by atoms with Crippen LogP contribution in [0.2, 0.25) is 10.0 Å². The molecule has 7 heteroatoms. The van der Waals surface area contributed by atoms with Gasteiger partial charge in [-0.3, -0.25) is 0 Å². The average Bonchev–Trinajstić information content (AvgIpc) is 2.47. The number of hydrogen-bond acceptors (Lipinski definition) is 5. The average molecular weight is 321 g/mol. The maximum Gasteiger partial charge on any atom is 0.144 e. The number of benzene rings is 1. The third-order valence-electron chi connectivity index (χ3n) is 3.19. The predicted octanol–water partition coefficient (Wildman–Crippen LogP) is 2.82. The van der Waals surface area contributed by atoms with Crippen LogP contribution in [0.5, 0.6) is 0 Å². The highest BCUT2D eigenvalue weighted by Crippen LogP contribution is 2.38. The third kappa shape index (κ3) is 2.28. The van der Waals surface area contributed by atoms with Crippen LogP contribution in [-0.2, 0) is 4.74 Å². The third-order valence-corrected chi connectivity index (χ3v) is 3.80. The van der Waals surface area contributed by atoms with Crippen molar-refractivity contribution in [1.29, 1.82) is 5.26 Å². The number of nitrogens with zero attached hydrogens (tertiary/aromatic N) is 3. The van der Waals surface area contributed by atoms with Gasteiger partial charge in [0.25, 0.3) is 0 Å². The van der Waals surface area contributed by atoms with E-state index in [0.29, 0.717) is 45.8 Å². The Bertz CT molecular complexity index is 726. The van der Waals surface area contributed by atoms with E-state index in [1.807, 2.05) is 0 Å². The van der Waals surface area contributed by atoms with Gasteiger partial charge < -0.3 is 10.5 Å². The lowest BCUT2D eigenvalue weighted by Gasteiger charge is -2.30. The second-order valence-corrected chi connectivity index (χ2v) is 5.25. The highest BCUT2D eigenvalue weighted by atomic mass is 35.5. The fourth-order valence-corrected chi connectivity index (χ4v) is 2.78. The number of rotatable bonds is 1. The van der Waals surface area contributed by atoms with E-state index in [-0.39, 0.29) is 5.82 Å². The molecule has 3 rings (SSSR count). The summed E-state index contributed by atoms with van der Waals surface area (Å²) in [4.78, 5) is 0. The Kier molecular flexibility index (Phi) is 3.60. The number of hydrogen-bond donors (Lipinski definition) is 1. The van der Waals surface area contributed by atoms with Crippen LogP contribution >= 0.6 is 23.2 Å². The number of hydrazone groups is 1. The summed E-state index contributed by atoms with van der Waals surface area (Å²) in [5.74, 6) is 0.199. The van der Waals surface area contributed by atoms with E-state index in [9.17, 15) is 5.26 Å². The molecule has 106 valence electrons. The van der Waals surface area contributed by atoms with Crippen molar-refractivity contribution < 1.29 is 4.74 Å². The first-order valence-electron chi connectivity index (χ1n) is 6.13. The van der Waals surface area contributed by atoms with Gasteiger partial charge in [-0.2, -0.15) is 10.4 Å². The molecular weight excluding hydrogens is 311 g/mol.